The van der Waals surface area contributed by atoms with Crippen LogP contribution in [0.5, 0.6) is 0 Å². The number of nitrogens with one attached hydrogen (secondary N) is 1. The number of hydrogen-bond donors (Lipinski definition) is 1. The highest BCUT2D eigenvalue weighted by Crippen LogP contribution is 2.21. The normalized spacial score (nSPS) is 10.6. The van der Waals surface area contributed by atoms with Gasteiger partial charge in [-0.25, -0.2) is 14.4 Å². The van der Waals surface area contributed by atoms with Crippen molar-refractivity contribution in [1.82, 2.24) is 9.97 Å². The molecular formula is C17H21FN4O2S. The second-order valence-electron chi connectivity index (χ2n) is 5.17. The molecule has 0 aliphatic carbocycles. The van der Waals surface area contributed by atoms with E-state index >= 15 is 0 Å². The molecule has 1 aromatic carbocycles. The van der Waals surface area contributed by atoms with Crippen LogP contribution in [0.3, 0.4) is 0 Å². The molecule has 0 bridgehead atoms. The number of amides is 1. The van der Waals surface area contributed by atoms with Crippen LogP contribution in [0.1, 0.15) is 17.3 Å². The minimum absolute atomic E-state index is 0.348. The summed E-state index contributed by atoms with van der Waals surface area (Å²) in [5, 5.41) is 3.32. The zero-order chi connectivity index (χ0) is 18.2. The van der Waals surface area contributed by atoms with Crippen molar-refractivity contribution in [2.75, 3.05) is 43.3 Å². The zero-order valence-corrected chi connectivity index (χ0v) is 15.3. The Balaban J connectivity index is 2.22. The Kier molecular flexibility index (Phi) is 7.15. The van der Waals surface area contributed by atoms with Crippen LogP contribution in [0.25, 0.3) is 0 Å². The van der Waals surface area contributed by atoms with Crippen LogP contribution in [-0.2, 0) is 4.74 Å². The van der Waals surface area contributed by atoms with Gasteiger partial charge in [0, 0.05) is 32.1 Å². The highest BCUT2D eigenvalue weighted by Gasteiger charge is 2.18. The summed E-state index contributed by atoms with van der Waals surface area (Å²) in [7, 11) is 1.85. The number of benzene rings is 1. The maximum Gasteiger partial charge on any atom is 0.261 e. The number of anilines is 2. The quantitative estimate of drug-likeness (QED) is 0.441. The second-order valence-corrected chi connectivity index (χ2v) is 5.95. The van der Waals surface area contributed by atoms with E-state index in [0.717, 1.165) is 0 Å². The van der Waals surface area contributed by atoms with Crippen LogP contribution in [0, 0.1) is 5.82 Å². The first-order valence-electron chi connectivity index (χ1n) is 7.82. The molecule has 0 aliphatic heterocycles. The summed E-state index contributed by atoms with van der Waals surface area (Å²) >= 11 is 1.40. The number of carbonyl (C=O) groups is 1. The fraction of sp³-hybridized carbons (Fsp3) is 0.353. The lowest BCUT2D eigenvalue weighted by atomic mass is 10.2. The van der Waals surface area contributed by atoms with Crippen molar-refractivity contribution in [3.8, 4) is 0 Å². The molecule has 0 unspecified atom stereocenters. The highest BCUT2D eigenvalue weighted by molar-refractivity contribution is 7.98. The number of aromatic nitrogens is 2. The van der Waals surface area contributed by atoms with E-state index in [9.17, 15) is 9.18 Å². The fourth-order valence-corrected chi connectivity index (χ4v) is 2.43. The maximum atomic E-state index is 13.0. The van der Waals surface area contributed by atoms with Crippen LogP contribution in [0.4, 0.5) is 15.9 Å². The van der Waals surface area contributed by atoms with Gasteiger partial charge in [-0.15, -0.1) is 0 Å². The van der Waals surface area contributed by atoms with E-state index in [4.69, 9.17) is 4.74 Å². The number of hydrogen-bond acceptors (Lipinski definition) is 6. The van der Waals surface area contributed by atoms with Crippen molar-refractivity contribution < 1.29 is 13.9 Å². The molecule has 1 heterocycles. The largest absolute Gasteiger partial charge is 0.380 e. The molecule has 2 aromatic rings. The zero-order valence-electron chi connectivity index (χ0n) is 14.5. The molecule has 1 amide bonds. The molecule has 134 valence electrons. The van der Waals surface area contributed by atoms with E-state index in [-0.39, 0.29) is 11.7 Å². The molecule has 0 atom stereocenters. The van der Waals surface area contributed by atoms with Crippen LogP contribution in [-0.4, -0.2) is 48.9 Å². The molecule has 0 spiro atoms. The molecule has 0 fully saturated rings. The first-order valence-corrected chi connectivity index (χ1v) is 9.04. The Bertz CT molecular complexity index is 712. The summed E-state index contributed by atoms with van der Waals surface area (Å²) in [5.41, 5.74) is 0.851. The number of ether oxygens (including phenoxy) is 1. The standard InChI is InChI=1S/C17H21FN4O2S/c1-4-24-10-9-22(2)15-14(11-19-17(21-15)25-3)16(23)20-13-7-5-12(18)6-8-13/h5-8,11H,4,9-10H2,1-3H3,(H,20,23). The molecule has 25 heavy (non-hydrogen) atoms. The van der Waals surface area contributed by atoms with Gasteiger partial charge < -0.3 is 15.0 Å². The lowest BCUT2D eigenvalue weighted by molar-refractivity contribution is 0.102. The summed E-state index contributed by atoms with van der Waals surface area (Å²) < 4.78 is 18.4. The molecule has 8 heteroatoms. The fourth-order valence-electron chi connectivity index (χ4n) is 2.09. The van der Waals surface area contributed by atoms with E-state index in [1.807, 2.05) is 25.1 Å². The van der Waals surface area contributed by atoms with E-state index < -0.39 is 0 Å². The highest BCUT2D eigenvalue weighted by atomic mass is 32.2. The van der Waals surface area contributed by atoms with E-state index in [1.54, 1.807) is 0 Å². The topological polar surface area (TPSA) is 67.3 Å². The number of likely N-dealkylation sites (N-methyl/N-ethyl adjacent to an activating group) is 1. The third-order valence-corrected chi connectivity index (χ3v) is 3.97. The monoisotopic (exact) mass is 364 g/mol. The smallest absolute Gasteiger partial charge is 0.261 e. The second kappa shape index (κ2) is 9.33. The van der Waals surface area contributed by atoms with Crippen LogP contribution >= 0.6 is 11.8 Å². The van der Waals surface area contributed by atoms with E-state index in [1.165, 1.54) is 42.2 Å². The van der Waals surface area contributed by atoms with Crippen molar-refractivity contribution in [3.05, 3.63) is 41.8 Å². The third-order valence-electron chi connectivity index (χ3n) is 3.41. The average Bonchev–Trinajstić information content (AvgIpc) is 2.63. The first kappa shape index (κ1) is 19.1. The Morgan fingerprint density at radius 2 is 2.08 bits per heavy atom. The Morgan fingerprint density at radius 1 is 1.36 bits per heavy atom. The molecular weight excluding hydrogens is 343 g/mol. The van der Waals surface area contributed by atoms with Gasteiger partial charge in [0.15, 0.2) is 5.16 Å². The van der Waals surface area contributed by atoms with Crippen molar-refractivity contribution >= 4 is 29.2 Å². The number of carbonyl (C=O) groups excluding carboxylic acids is 1. The van der Waals surface area contributed by atoms with Crippen molar-refractivity contribution in [3.63, 3.8) is 0 Å². The minimum Gasteiger partial charge on any atom is -0.380 e. The molecule has 0 aliphatic rings. The van der Waals surface area contributed by atoms with Gasteiger partial charge in [-0.05, 0) is 37.4 Å². The number of rotatable bonds is 8. The number of halogens is 1. The molecule has 1 aromatic heterocycles. The third kappa shape index (κ3) is 5.40. The summed E-state index contributed by atoms with van der Waals surface area (Å²) in [6.45, 7) is 3.68. The van der Waals surface area contributed by atoms with E-state index in [2.05, 4.69) is 15.3 Å². The summed E-state index contributed by atoms with van der Waals surface area (Å²) in [5.74, 6) is -0.182. The van der Waals surface area contributed by atoms with Crippen LogP contribution in [0.2, 0.25) is 0 Å². The van der Waals surface area contributed by atoms with Gasteiger partial charge in [0.05, 0.1) is 6.61 Å². The Hall–Kier alpha value is -2.19. The molecule has 0 saturated carbocycles. The summed E-state index contributed by atoms with van der Waals surface area (Å²) in [6, 6.07) is 5.59. The molecule has 0 saturated heterocycles. The summed E-state index contributed by atoms with van der Waals surface area (Å²) in [6.07, 6.45) is 3.38. The molecule has 2 rings (SSSR count). The van der Waals surface area contributed by atoms with E-state index in [0.29, 0.717) is 42.0 Å². The lowest BCUT2D eigenvalue weighted by Crippen LogP contribution is -2.27. The molecule has 0 radical (unpaired) electrons. The Labute approximate surface area is 150 Å². The number of nitrogens with zero attached hydrogens (tertiary/aromatic N) is 3. The molecule has 6 nitrogen and oxygen atoms in total. The van der Waals surface area contributed by atoms with Gasteiger partial charge in [0.2, 0.25) is 0 Å². The summed E-state index contributed by atoms with van der Waals surface area (Å²) in [4.78, 5) is 23.1. The minimum atomic E-state index is -0.359. The van der Waals surface area contributed by atoms with Gasteiger partial charge in [0.25, 0.3) is 5.91 Å². The van der Waals surface area contributed by atoms with Crippen molar-refractivity contribution in [2.24, 2.45) is 0 Å². The van der Waals surface area contributed by atoms with Gasteiger partial charge in [0.1, 0.15) is 17.2 Å². The van der Waals surface area contributed by atoms with Crippen LogP contribution in [0.15, 0.2) is 35.6 Å². The Morgan fingerprint density at radius 3 is 2.72 bits per heavy atom. The lowest BCUT2D eigenvalue weighted by Gasteiger charge is -2.21. The average molecular weight is 364 g/mol. The van der Waals surface area contributed by atoms with Gasteiger partial charge in [-0.3, -0.25) is 4.79 Å². The molecule has 1 N–H and O–H groups in total. The van der Waals surface area contributed by atoms with Crippen molar-refractivity contribution in [1.29, 1.82) is 0 Å². The predicted octanol–water partition coefficient (Wildman–Crippen LogP) is 3.06. The van der Waals surface area contributed by atoms with Crippen molar-refractivity contribution in [2.45, 2.75) is 12.1 Å². The van der Waals surface area contributed by atoms with Gasteiger partial charge in [-0.2, -0.15) is 0 Å². The maximum absolute atomic E-state index is 13.0. The van der Waals surface area contributed by atoms with Gasteiger partial charge in [-0.1, -0.05) is 11.8 Å². The van der Waals surface area contributed by atoms with Crippen LogP contribution < -0.4 is 10.2 Å². The van der Waals surface area contributed by atoms with Gasteiger partial charge >= 0.3 is 0 Å². The predicted molar refractivity (Wildman–Crippen MR) is 97.9 cm³/mol. The first-order chi connectivity index (χ1) is 12.0. The number of thioether (sulfide) groups is 1. The SMILES string of the molecule is CCOCCN(C)c1nc(SC)ncc1C(=O)Nc1ccc(F)cc1.